The topological polar surface area (TPSA) is 33.9 Å². The van der Waals surface area contributed by atoms with Crippen molar-refractivity contribution in [2.75, 3.05) is 0 Å². The molecule has 1 N–H and O–H groups in total. The van der Waals surface area contributed by atoms with E-state index in [9.17, 15) is 0 Å². The first-order chi connectivity index (χ1) is 7.75. The summed E-state index contributed by atoms with van der Waals surface area (Å²) in [6, 6.07) is 8.21. The summed E-state index contributed by atoms with van der Waals surface area (Å²) in [5.74, 6) is 0.717. The van der Waals surface area contributed by atoms with E-state index in [1.807, 2.05) is 22.9 Å². The molecule has 0 radical (unpaired) electrons. The number of aryl methyl sites for hydroxylation is 1. The Morgan fingerprint density at radius 1 is 1.31 bits per heavy atom. The van der Waals surface area contributed by atoms with E-state index in [4.69, 9.17) is 16.6 Å². The van der Waals surface area contributed by atoms with E-state index in [0.29, 0.717) is 10.7 Å². The van der Waals surface area contributed by atoms with Crippen LogP contribution in [0.25, 0.3) is 16.8 Å². The van der Waals surface area contributed by atoms with Crippen LogP contribution in [0.4, 0.5) is 0 Å². The minimum absolute atomic E-state index is 0.394. The van der Waals surface area contributed by atoms with E-state index < -0.39 is 0 Å². The van der Waals surface area contributed by atoms with Crippen LogP contribution in [0.15, 0.2) is 41.1 Å². The molecular weight excluding hydrogens is 220 g/mol. The number of H-pyrrole nitrogens is 1. The SMILES string of the molecule is Cc1cn(-c2c[nH]c(=S)o2)c2ccccc12. The van der Waals surface area contributed by atoms with Gasteiger partial charge in [-0.25, -0.2) is 0 Å². The van der Waals surface area contributed by atoms with Crippen molar-refractivity contribution in [1.82, 2.24) is 9.55 Å². The Kier molecular flexibility index (Phi) is 1.97. The smallest absolute Gasteiger partial charge is 0.267 e. The van der Waals surface area contributed by atoms with Crippen molar-refractivity contribution in [1.29, 1.82) is 0 Å². The number of para-hydroxylation sites is 1. The molecule has 1 aromatic carbocycles. The third-order valence-electron chi connectivity index (χ3n) is 2.66. The van der Waals surface area contributed by atoms with Gasteiger partial charge in [-0.05, 0) is 30.8 Å². The van der Waals surface area contributed by atoms with E-state index in [1.165, 1.54) is 10.9 Å². The summed E-state index contributed by atoms with van der Waals surface area (Å²) < 4.78 is 7.41. The van der Waals surface area contributed by atoms with Gasteiger partial charge in [-0.3, -0.25) is 4.57 Å². The Bertz CT molecular complexity index is 705. The van der Waals surface area contributed by atoms with Crippen LogP contribution < -0.4 is 0 Å². The van der Waals surface area contributed by atoms with E-state index in [-0.39, 0.29) is 0 Å². The predicted octanol–water partition coefficient (Wildman–Crippen LogP) is 3.59. The molecule has 0 spiro atoms. The van der Waals surface area contributed by atoms with Crippen LogP contribution in [-0.4, -0.2) is 9.55 Å². The summed E-state index contributed by atoms with van der Waals surface area (Å²) in [7, 11) is 0. The standard InChI is InChI=1S/C12H10N2OS/c1-8-7-14(11-6-13-12(16)15-11)10-5-3-2-4-9(8)10/h2-7H,1H3,(H,13,16). The van der Waals surface area contributed by atoms with Crippen LogP contribution >= 0.6 is 12.2 Å². The summed E-state index contributed by atoms with van der Waals surface area (Å²) in [6.07, 6.45) is 3.82. The van der Waals surface area contributed by atoms with E-state index >= 15 is 0 Å². The highest BCUT2D eigenvalue weighted by atomic mass is 32.1. The lowest BCUT2D eigenvalue weighted by atomic mass is 10.2. The highest BCUT2D eigenvalue weighted by Gasteiger charge is 2.08. The van der Waals surface area contributed by atoms with Crippen LogP contribution in [0, 0.1) is 11.8 Å². The molecule has 4 heteroatoms. The van der Waals surface area contributed by atoms with Gasteiger partial charge in [0, 0.05) is 11.6 Å². The fraction of sp³-hybridized carbons (Fsp3) is 0.0833. The highest BCUT2D eigenvalue weighted by molar-refractivity contribution is 7.71. The van der Waals surface area contributed by atoms with Gasteiger partial charge in [0.25, 0.3) is 4.84 Å². The second-order valence-electron chi connectivity index (χ2n) is 3.72. The fourth-order valence-corrected chi connectivity index (χ4v) is 2.07. The van der Waals surface area contributed by atoms with Gasteiger partial charge >= 0.3 is 0 Å². The number of hydrogen-bond donors (Lipinski definition) is 1. The number of oxazole rings is 1. The van der Waals surface area contributed by atoms with Gasteiger partial charge in [0.1, 0.15) is 0 Å². The zero-order chi connectivity index (χ0) is 11.1. The molecule has 0 aliphatic carbocycles. The monoisotopic (exact) mass is 230 g/mol. The van der Waals surface area contributed by atoms with E-state index in [1.54, 1.807) is 6.20 Å². The molecule has 0 saturated carbocycles. The third kappa shape index (κ3) is 1.31. The molecule has 3 rings (SSSR count). The summed E-state index contributed by atoms with van der Waals surface area (Å²) >= 11 is 4.93. The molecule has 0 aliphatic heterocycles. The third-order valence-corrected chi connectivity index (χ3v) is 2.86. The first-order valence-corrected chi connectivity index (χ1v) is 5.42. The van der Waals surface area contributed by atoms with Crippen molar-refractivity contribution in [2.45, 2.75) is 6.92 Å². The van der Waals surface area contributed by atoms with Gasteiger partial charge in [-0.1, -0.05) is 18.2 Å². The van der Waals surface area contributed by atoms with Crippen LogP contribution in [0.3, 0.4) is 0 Å². The Hall–Kier alpha value is -1.81. The number of benzene rings is 1. The maximum Gasteiger partial charge on any atom is 0.267 e. The highest BCUT2D eigenvalue weighted by Crippen LogP contribution is 2.23. The molecule has 2 heterocycles. The van der Waals surface area contributed by atoms with Gasteiger partial charge in [-0.15, -0.1) is 0 Å². The molecule has 0 saturated heterocycles. The Labute approximate surface area is 97.3 Å². The van der Waals surface area contributed by atoms with Crippen molar-refractivity contribution in [3.05, 3.63) is 47.1 Å². The number of aromatic nitrogens is 2. The van der Waals surface area contributed by atoms with E-state index in [0.717, 1.165) is 5.52 Å². The van der Waals surface area contributed by atoms with Crippen molar-refractivity contribution in [2.24, 2.45) is 0 Å². The molecule has 0 atom stereocenters. The lowest BCUT2D eigenvalue weighted by molar-refractivity contribution is 0.520. The zero-order valence-electron chi connectivity index (χ0n) is 8.73. The van der Waals surface area contributed by atoms with E-state index in [2.05, 4.69) is 24.0 Å². The second kappa shape index (κ2) is 3.35. The van der Waals surface area contributed by atoms with Gasteiger partial charge in [0.15, 0.2) is 0 Å². The average Bonchev–Trinajstić information content (AvgIpc) is 2.84. The molecule has 2 aromatic heterocycles. The number of nitrogens with one attached hydrogen (secondary N) is 1. The summed E-state index contributed by atoms with van der Waals surface area (Å²) in [5, 5.41) is 1.23. The maximum absolute atomic E-state index is 5.41. The lowest BCUT2D eigenvalue weighted by Crippen LogP contribution is -1.88. The number of hydrogen-bond acceptors (Lipinski definition) is 2. The van der Waals surface area contributed by atoms with Gasteiger partial charge in [0.05, 0.1) is 11.7 Å². The number of fused-ring (bicyclic) bond motifs is 1. The van der Waals surface area contributed by atoms with Gasteiger partial charge in [0.2, 0.25) is 5.88 Å². The zero-order valence-corrected chi connectivity index (χ0v) is 9.54. The summed E-state index contributed by atoms with van der Waals surface area (Å²) in [4.78, 5) is 3.26. The lowest BCUT2D eigenvalue weighted by Gasteiger charge is -1.98. The van der Waals surface area contributed by atoms with Crippen LogP contribution in [0.5, 0.6) is 0 Å². The van der Waals surface area contributed by atoms with Gasteiger partial charge in [-0.2, -0.15) is 0 Å². The first kappa shape index (κ1) is 9.42. The molecule has 0 bridgehead atoms. The van der Waals surface area contributed by atoms with Crippen LogP contribution in [0.1, 0.15) is 5.56 Å². The van der Waals surface area contributed by atoms with Crippen molar-refractivity contribution in [3.8, 4) is 5.88 Å². The van der Waals surface area contributed by atoms with Crippen molar-refractivity contribution in [3.63, 3.8) is 0 Å². The molecule has 0 aliphatic rings. The summed E-state index contributed by atoms with van der Waals surface area (Å²) in [5.41, 5.74) is 2.34. The predicted molar refractivity (Wildman–Crippen MR) is 65.5 cm³/mol. The normalized spacial score (nSPS) is 11.1. The average molecular weight is 230 g/mol. The van der Waals surface area contributed by atoms with Crippen LogP contribution in [-0.2, 0) is 0 Å². The Morgan fingerprint density at radius 3 is 2.88 bits per heavy atom. The Balaban J connectivity index is 2.36. The second-order valence-corrected chi connectivity index (χ2v) is 4.09. The molecule has 0 unspecified atom stereocenters. The quantitative estimate of drug-likeness (QED) is 0.648. The fourth-order valence-electron chi connectivity index (χ4n) is 1.93. The molecule has 80 valence electrons. The minimum Gasteiger partial charge on any atom is -0.413 e. The largest absolute Gasteiger partial charge is 0.413 e. The van der Waals surface area contributed by atoms with Crippen molar-refractivity contribution < 1.29 is 4.42 Å². The maximum atomic E-state index is 5.41. The molecular formula is C12H10N2OS. The summed E-state index contributed by atoms with van der Waals surface area (Å²) in [6.45, 7) is 2.08. The number of aromatic amines is 1. The molecule has 3 nitrogen and oxygen atoms in total. The molecule has 0 fully saturated rings. The number of rotatable bonds is 1. The molecule has 3 aromatic rings. The first-order valence-electron chi connectivity index (χ1n) is 5.01. The van der Waals surface area contributed by atoms with Crippen LogP contribution in [0.2, 0.25) is 0 Å². The molecule has 0 amide bonds. The number of nitrogens with zero attached hydrogens (tertiary/aromatic N) is 1. The molecule has 16 heavy (non-hydrogen) atoms. The van der Waals surface area contributed by atoms with Gasteiger partial charge < -0.3 is 9.40 Å². The minimum atomic E-state index is 0.394. The Morgan fingerprint density at radius 2 is 2.12 bits per heavy atom. The van der Waals surface area contributed by atoms with Crippen molar-refractivity contribution >= 4 is 23.1 Å².